The summed E-state index contributed by atoms with van der Waals surface area (Å²) in [6.07, 6.45) is 5.84. The Morgan fingerprint density at radius 3 is 2.94 bits per heavy atom. The summed E-state index contributed by atoms with van der Waals surface area (Å²) >= 11 is 0. The highest BCUT2D eigenvalue weighted by Gasteiger charge is 2.12. The molecule has 0 fully saturated rings. The minimum atomic E-state index is -0.487. The van der Waals surface area contributed by atoms with E-state index in [-0.39, 0.29) is 0 Å². The molecule has 16 heavy (non-hydrogen) atoms. The number of carbonyl (C=O) groups is 1. The molecular formula is C11H12N4O. The SMILES string of the molecule is CCc1nccn1-c1ncccc1C(N)=O. The van der Waals surface area contributed by atoms with Crippen molar-refractivity contribution in [3.05, 3.63) is 42.1 Å². The fourth-order valence-electron chi connectivity index (χ4n) is 1.57. The largest absolute Gasteiger partial charge is 0.365 e. The van der Waals surface area contributed by atoms with Gasteiger partial charge in [0.15, 0.2) is 5.82 Å². The first kappa shape index (κ1) is 10.4. The lowest BCUT2D eigenvalue weighted by atomic mass is 10.2. The van der Waals surface area contributed by atoms with E-state index in [2.05, 4.69) is 9.97 Å². The molecule has 2 aromatic heterocycles. The van der Waals surface area contributed by atoms with Crippen LogP contribution in [0.5, 0.6) is 0 Å². The Balaban J connectivity index is 2.60. The van der Waals surface area contributed by atoms with Gasteiger partial charge < -0.3 is 5.73 Å². The highest BCUT2D eigenvalue weighted by atomic mass is 16.1. The first-order chi connectivity index (χ1) is 7.74. The number of aryl methyl sites for hydroxylation is 1. The minimum absolute atomic E-state index is 0.398. The number of nitrogens with two attached hydrogens (primary N) is 1. The van der Waals surface area contributed by atoms with Gasteiger partial charge in [-0.05, 0) is 12.1 Å². The number of nitrogens with zero attached hydrogens (tertiary/aromatic N) is 3. The number of rotatable bonds is 3. The Kier molecular flexibility index (Phi) is 2.68. The number of aromatic nitrogens is 3. The Labute approximate surface area is 92.9 Å². The van der Waals surface area contributed by atoms with Gasteiger partial charge in [0.25, 0.3) is 5.91 Å². The van der Waals surface area contributed by atoms with E-state index in [9.17, 15) is 4.79 Å². The maximum absolute atomic E-state index is 11.3. The highest BCUT2D eigenvalue weighted by molar-refractivity contribution is 5.95. The molecule has 5 nitrogen and oxygen atoms in total. The third kappa shape index (κ3) is 1.67. The van der Waals surface area contributed by atoms with Crippen LogP contribution in [-0.4, -0.2) is 20.4 Å². The van der Waals surface area contributed by atoms with Gasteiger partial charge in [0.2, 0.25) is 0 Å². The molecule has 0 spiro atoms. The van der Waals surface area contributed by atoms with Crippen LogP contribution >= 0.6 is 0 Å². The molecule has 0 aliphatic carbocycles. The van der Waals surface area contributed by atoms with Gasteiger partial charge in [0, 0.05) is 25.0 Å². The van der Waals surface area contributed by atoms with Crippen LogP contribution in [0.2, 0.25) is 0 Å². The molecular weight excluding hydrogens is 204 g/mol. The summed E-state index contributed by atoms with van der Waals surface area (Å²) in [5.74, 6) is 0.893. The van der Waals surface area contributed by atoms with Gasteiger partial charge >= 0.3 is 0 Å². The Hall–Kier alpha value is -2.17. The molecule has 2 aromatic rings. The Morgan fingerprint density at radius 1 is 1.44 bits per heavy atom. The third-order valence-corrected chi connectivity index (χ3v) is 2.31. The van der Waals surface area contributed by atoms with Gasteiger partial charge in [-0.1, -0.05) is 6.92 Å². The molecule has 0 saturated carbocycles. The van der Waals surface area contributed by atoms with Crippen LogP contribution in [0.15, 0.2) is 30.7 Å². The van der Waals surface area contributed by atoms with Crippen LogP contribution in [0.4, 0.5) is 0 Å². The van der Waals surface area contributed by atoms with Crippen LogP contribution in [0, 0.1) is 0 Å². The summed E-state index contributed by atoms with van der Waals surface area (Å²) in [4.78, 5) is 19.6. The van der Waals surface area contributed by atoms with E-state index < -0.39 is 5.91 Å². The number of pyridine rings is 1. The van der Waals surface area contributed by atoms with Crippen molar-refractivity contribution < 1.29 is 4.79 Å². The zero-order valence-corrected chi connectivity index (χ0v) is 8.92. The van der Waals surface area contributed by atoms with Gasteiger partial charge in [0.1, 0.15) is 5.82 Å². The van der Waals surface area contributed by atoms with Crippen molar-refractivity contribution in [2.24, 2.45) is 5.73 Å². The Bertz CT molecular complexity index is 518. The smallest absolute Gasteiger partial charge is 0.252 e. The maximum Gasteiger partial charge on any atom is 0.252 e. The summed E-state index contributed by atoms with van der Waals surface area (Å²) < 4.78 is 1.78. The van der Waals surface area contributed by atoms with E-state index in [1.807, 2.05) is 6.92 Å². The second kappa shape index (κ2) is 4.14. The zero-order chi connectivity index (χ0) is 11.5. The van der Waals surface area contributed by atoms with Crippen LogP contribution in [0.3, 0.4) is 0 Å². The van der Waals surface area contributed by atoms with E-state index in [1.54, 1.807) is 35.3 Å². The first-order valence-electron chi connectivity index (χ1n) is 5.01. The molecule has 2 heterocycles. The molecule has 1 amide bonds. The summed E-state index contributed by atoms with van der Waals surface area (Å²) in [7, 11) is 0. The number of carbonyl (C=O) groups excluding carboxylic acids is 1. The molecule has 5 heteroatoms. The normalized spacial score (nSPS) is 10.3. The van der Waals surface area contributed by atoms with E-state index in [4.69, 9.17) is 5.73 Å². The van der Waals surface area contributed by atoms with Crippen molar-refractivity contribution in [1.82, 2.24) is 14.5 Å². The second-order valence-electron chi connectivity index (χ2n) is 3.31. The molecule has 82 valence electrons. The predicted octanol–water partition coefficient (Wildman–Crippen LogP) is 0.929. The summed E-state index contributed by atoms with van der Waals surface area (Å²) in [5, 5.41) is 0. The van der Waals surface area contributed by atoms with E-state index in [1.165, 1.54) is 0 Å². The lowest BCUT2D eigenvalue weighted by Crippen LogP contribution is -2.16. The van der Waals surface area contributed by atoms with E-state index in [0.29, 0.717) is 11.4 Å². The van der Waals surface area contributed by atoms with Gasteiger partial charge in [-0.2, -0.15) is 0 Å². The maximum atomic E-state index is 11.3. The lowest BCUT2D eigenvalue weighted by Gasteiger charge is -2.08. The van der Waals surface area contributed by atoms with Crippen LogP contribution in [-0.2, 0) is 6.42 Å². The fraction of sp³-hybridized carbons (Fsp3) is 0.182. The molecule has 0 radical (unpaired) electrons. The van der Waals surface area contributed by atoms with Crippen molar-refractivity contribution in [1.29, 1.82) is 0 Å². The van der Waals surface area contributed by atoms with Crippen LogP contribution in [0.25, 0.3) is 5.82 Å². The van der Waals surface area contributed by atoms with Crippen LogP contribution in [0.1, 0.15) is 23.1 Å². The Morgan fingerprint density at radius 2 is 2.25 bits per heavy atom. The molecule has 0 unspecified atom stereocenters. The van der Waals surface area contributed by atoms with Crippen molar-refractivity contribution >= 4 is 5.91 Å². The molecule has 2 rings (SSSR count). The standard InChI is InChI=1S/C11H12N4O/c1-2-9-13-6-7-15(9)11-8(10(12)16)4-3-5-14-11/h3-7H,2H2,1H3,(H2,12,16). The average molecular weight is 216 g/mol. The molecule has 0 bridgehead atoms. The van der Waals surface area contributed by atoms with Gasteiger partial charge in [-0.15, -0.1) is 0 Å². The number of primary amides is 1. The topological polar surface area (TPSA) is 73.8 Å². The summed E-state index contributed by atoms with van der Waals surface area (Å²) in [5.41, 5.74) is 5.70. The average Bonchev–Trinajstić information content (AvgIpc) is 2.76. The summed E-state index contributed by atoms with van der Waals surface area (Å²) in [6.45, 7) is 1.99. The van der Waals surface area contributed by atoms with Gasteiger partial charge in [-0.3, -0.25) is 9.36 Å². The molecule has 0 aliphatic rings. The number of hydrogen-bond acceptors (Lipinski definition) is 3. The van der Waals surface area contributed by atoms with Gasteiger partial charge in [-0.25, -0.2) is 9.97 Å². The lowest BCUT2D eigenvalue weighted by molar-refractivity contribution is 0.1000. The zero-order valence-electron chi connectivity index (χ0n) is 8.92. The van der Waals surface area contributed by atoms with Crippen molar-refractivity contribution in [3.63, 3.8) is 0 Å². The van der Waals surface area contributed by atoms with Crippen LogP contribution < -0.4 is 5.73 Å². The van der Waals surface area contributed by atoms with E-state index >= 15 is 0 Å². The highest BCUT2D eigenvalue weighted by Crippen LogP contribution is 2.13. The second-order valence-corrected chi connectivity index (χ2v) is 3.31. The van der Waals surface area contributed by atoms with E-state index in [0.717, 1.165) is 12.2 Å². The third-order valence-electron chi connectivity index (χ3n) is 2.31. The monoisotopic (exact) mass is 216 g/mol. The number of hydrogen-bond donors (Lipinski definition) is 1. The fourth-order valence-corrected chi connectivity index (χ4v) is 1.57. The molecule has 0 aliphatic heterocycles. The van der Waals surface area contributed by atoms with Crippen molar-refractivity contribution in [2.45, 2.75) is 13.3 Å². The van der Waals surface area contributed by atoms with Crippen molar-refractivity contribution in [3.8, 4) is 5.82 Å². The molecule has 0 aromatic carbocycles. The number of imidazole rings is 1. The molecule has 2 N–H and O–H groups in total. The quantitative estimate of drug-likeness (QED) is 0.829. The molecule has 0 saturated heterocycles. The van der Waals surface area contributed by atoms with Crippen molar-refractivity contribution in [2.75, 3.05) is 0 Å². The predicted molar refractivity (Wildman–Crippen MR) is 59.3 cm³/mol. The van der Waals surface area contributed by atoms with Gasteiger partial charge in [0.05, 0.1) is 5.56 Å². The first-order valence-corrected chi connectivity index (χ1v) is 5.01. The minimum Gasteiger partial charge on any atom is -0.365 e. The number of amides is 1. The molecule has 0 atom stereocenters. The summed E-state index contributed by atoms with van der Waals surface area (Å²) in [6, 6.07) is 3.34.